The highest BCUT2D eigenvalue weighted by Gasteiger charge is 2.07. The Hall–Kier alpha value is -1.94. The molecule has 0 unspecified atom stereocenters. The first-order valence-corrected chi connectivity index (χ1v) is 6.75. The van der Waals surface area contributed by atoms with Crippen molar-refractivity contribution in [1.29, 1.82) is 0 Å². The molecule has 0 amide bonds. The number of rotatable bonds is 4. The lowest BCUT2D eigenvalue weighted by Crippen LogP contribution is -2.37. The van der Waals surface area contributed by atoms with Crippen LogP contribution < -0.4 is 5.32 Å². The zero-order valence-corrected chi connectivity index (χ0v) is 12.4. The van der Waals surface area contributed by atoms with Gasteiger partial charge in [-0.3, -0.25) is 4.99 Å². The molecule has 1 aromatic heterocycles. The summed E-state index contributed by atoms with van der Waals surface area (Å²) in [6.07, 6.45) is 1.66. The second kappa shape index (κ2) is 7.01. The van der Waals surface area contributed by atoms with Crippen molar-refractivity contribution < 1.29 is 4.42 Å². The van der Waals surface area contributed by atoms with Crippen molar-refractivity contribution in [3.05, 3.63) is 59.0 Å². The summed E-state index contributed by atoms with van der Waals surface area (Å²) < 4.78 is 5.29. The van der Waals surface area contributed by atoms with Crippen LogP contribution in [0.15, 0.2) is 52.1 Å². The highest BCUT2D eigenvalue weighted by Crippen LogP contribution is 2.12. The molecule has 4 nitrogen and oxygen atoms in total. The predicted molar refractivity (Wildman–Crippen MR) is 81.8 cm³/mol. The number of furan rings is 1. The number of benzene rings is 1. The molecule has 0 fully saturated rings. The van der Waals surface area contributed by atoms with Crippen molar-refractivity contribution in [1.82, 2.24) is 10.2 Å². The molecular weight excluding hydrogens is 274 g/mol. The fraction of sp³-hybridized carbons (Fsp3) is 0.267. The number of guanidine groups is 1. The molecule has 0 radical (unpaired) electrons. The smallest absolute Gasteiger partial charge is 0.194 e. The summed E-state index contributed by atoms with van der Waals surface area (Å²) in [5.41, 5.74) is 1.14. The Labute approximate surface area is 124 Å². The number of aliphatic imine (C=N–C) groups is 1. The lowest BCUT2D eigenvalue weighted by molar-refractivity contribution is 0.459. The van der Waals surface area contributed by atoms with Crippen LogP contribution in [0.5, 0.6) is 0 Å². The van der Waals surface area contributed by atoms with E-state index in [1.54, 1.807) is 13.3 Å². The van der Waals surface area contributed by atoms with Crippen LogP contribution in [-0.2, 0) is 13.1 Å². The molecule has 0 aliphatic carbocycles. The van der Waals surface area contributed by atoms with Gasteiger partial charge in [-0.2, -0.15) is 0 Å². The standard InChI is InChI=1S/C15H18ClN3O/c1-17-15(18-10-14-7-4-8-20-14)19(2)11-12-5-3-6-13(16)9-12/h3-9H,10-11H2,1-2H3,(H,17,18). The summed E-state index contributed by atoms with van der Waals surface area (Å²) >= 11 is 5.99. The van der Waals surface area contributed by atoms with Gasteiger partial charge < -0.3 is 14.6 Å². The molecule has 0 aliphatic heterocycles. The molecule has 0 atom stereocenters. The number of hydrogen-bond donors (Lipinski definition) is 1. The van der Waals surface area contributed by atoms with Crippen LogP contribution in [-0.4, -0.2) is 25.0 Å². The van der Waals surface area contributed by atoms with E-state index in [1.165, 1.54) is 0 Å². The van der Waals surface area contributed by atoms with Crippen LogP contribution in [0.3, 0.4) is 0 Å². The van der Waals surface area contributed by atoms with Crippen molar-refractivity contribution in [2.75, 3.05) is 14.1 Å². The summed E-state index contributed by atoms with van der Waals surface area (Å²) in [5, 5.41) is 4.00. The summed E-state index contributed by atoms with van der Waals surface area (Å²) in [7, 11) is 3.75. The van der Waals surface area contributed by atoms with Crippen molar-refractivity contribution in [2.45, 2.75) is 13.1 Å². The van der Waals surface area contributed by atoms with E-state index in [-0.39, 0.29) is 0 Å². The Morgan fingerprint density at radius 2 is 2.20 bits per heavy atom. The molecule has 5 heteroatoms. The zero-order valence-electron chi connectivity index (χ0n) is 11.6. The molecule has 0 aliphatic rings. The van der Waals surface area contributed by atoms with E-state index in [9.17, 15) is 0 Å². The van der Waals surface area contributed by atoms with Crippen LogP contribution in [0.25, 0.3) is 0 Å². The quantitative estimate of drug-likeness (QED) is 0.695. The number of nitrogens with zero attached hydrogens (tertiary/aromatic N) is 2. The van der Waals surface area contributed by atoms with E-state index in [1.807, 2.05) is 48.3 Å². The van der Waals surface area contributed by atoms with Crippen molar-refractivity contribution in [3.8, 4) is 0 Å². The Bertz CT molecular complexity index is 566. The lowest BCUT2D eigenvalue weighted by Gasteiger charge is -2.21. The largest absolute Gasteiger partial charge is 0.467 e. The fourth-order valence-electron chi connectivity index (χ4n) is 1.95. The monoisotopic (exact) mass is 291 g/mol. The maximum atomic E-state index is 5.99. The average Bonchev–Trinajstić information content (AvgIpc) is 2.92. The van der Waals surface area contributed by atoms with Gasteiger partial charge in [0.15, 0.2) is 5.96 Å². The molecule has 2 aromatic rings. The van der Waals surface area contributed by atoms with Crippen LogP contribution in [0, 0.1) is 0 Å². The number of halogens is 1. The molecule has 1 heterocycles. The molecule has 0 saturated carbocycles. The highest BCUT2D eigenvalue weighted by atomic mass is 35.5. The Morgan fingerprint density at radius 3 is 2.85 bits per heavy atom. The molecule has 0 spiro atoms. The number of hydrogen-bond acceptors (Lipinski definition) is 2. The third kappa shape index (κ3) is 4.03. The van der Waals surface area contributed by atoms with Gasteiger partial charge in [-0.1, -0.05) is 23.7 Å². The van der Waals surface area contributed by atoms with E-state index >= 15 is 0 Å². The average molecular weight is 292 g/mol. The molecule has 1 N–H and O–H groups in total. The van der Waals surface area contributed by atoms with Gasteiger partial charge in [0.25, 0.3) is 0 Å². The van der Waals surface area contributed by atoms with Crippen LogP contribution >= 0.6 is 11.6 Å². The van der Waals surface area contributed by atoms with E-state index in [2.05, 4.69) is 10.3 Å². The summed E-state index contributed by atoms with van der Waals surface area (Å²) in [6.45, 7) is 1.35. The molecule has 2 rings (SSSR count). The van der Waals surface area contributed by atoms with Gasteiger partial charge in [0.1, 0.15) is 5.76 Å². The first-order chi connectivity index (χ1) is 9.69. The third-order valence-corrected chi connectivity index (χ3v) is 3.12. The fourth-order valence-corrected chi connectivity index (χ4v) is 2.16. The summed E-state index contributed by atoms with van der Waals surface area (Å²) in [5.74, 6) is 1.68. The van der Waals surface area contributed by atoms with E-state index in [0.29, 0.717) is 6.54 Å². The van der Waals surface area contributed by atoms with Gasteiger partial charge in [0.2, 0.25) is 0 Å². The van der Waals surface area contributed by atoms with Crippen molar-refractivity contribution in [3.63, 3.8) is 0 Å². The zero-order chi connectivity index (χ0) is 14.4. The van der Waals surface area contributed by atoms with Gasteiger partial charge in [-0.15, -0.1) is 0 Å². The first-order valence-electron chi connectivity index (χ1n) is 6.37. The molecule has 106 valence electrons. The topological polar surface area (TPSA) is 40.8 Å². The highest BCUT2D eigenvalue weighted by molar-refractivity contribution is 6.30. The third-order valence-electron chi connectivity index (χ3n) is 2.88. The molecule has 0 bridgehead atoms. The van der Waals surface area contributed by atoms with Crippen LogP contribution in [0.2, 0.25) is 5.02 Å². The van der Waals surface area contributed by atoms with Gasteiger partial charge >= 0.3 is 0 Å². The van der Waals surface area contributed by atoms with Gasteiger partial charge in [-0.25, -0.2) is 0 Å². The SMILES string of the molecule is CN=C(NCc1ccco1)N(C)Cc1cccc(Cl)c1. The molecular formula is C15H18ClN3O. The van der Waals surface area contributed by atoms with Crippen molar-refractivity contribution in [2.24, 2.45) is 4.99 Å². The van der Waals surface area contributed by atoms with Crippen molar-refractivity contribution >= 4 is 17.6 Å². The van der Waals surface area contributed by atoms with E-state index in [0.717, 1.165) is 28.9 Å². The Morgan fingerprint density at radius 1 is 1.35 bits per heavy atom. The molecule has 1 aromatic carbocycles. The Balaban J connectivity index is 1.93. The Kier molecular flexibility index (Phi) is 5.07. The second-order valence-corrected chi connectivity index (χ2v) is 4.90. The summed E-state index contributed by atoms with van der Waals surface area (Å²) in [4.78, 5) is 6.30. The second-order valence-electron chi connectivity index (χ2n) is 4.47. The maximum absolute atomic E-state index is 5.99. The number of nitrogens with one attached hydrogen (secondary N) is 1. The van der Waals surface area contributed by atoms with E-state index in [4.69, 9.17) is 16.0 Å². The minimum atomic E-state index is 0.611. The van der Waals surface area contributed by atoms with Crippen LogP contribution in [0.4, 0.5) is 0 Å². The lowest BCUT2D eigenvalue weighted by atomic mass is 10.2. The van der Waals surface area contributed by atoms with E-state index < -0.39 is 0 Å². The van der Waals surface area contributed by atoms with Gasteiger partial charge in [-0.05, 0) is 29.8 Å². The van der Waals surface area contributed by atoms with Gasteiger partial charge in [0, 0.05) is 25.7 Å². The maximum Gasteiger partial charge on any atom is 0.194 e. The molecule has 20 heavy (non-hydrogen) atoms. The molecule has 0 saturated heterocycles. The van der Waals surface area contributed by atoms with Gasteiger partial charge in [0.05, 0.1) is 12.8 Å². The minimum absolute atomic E-state index is 0.611. The normalized spacial score (nSPS) is 11.4. The van der Waals surface area contributed by atoms with Crippen LogP contribution in [0.1, 0.15) is 11.3 Å². The minimum Gasteiger partial charge on any atom is -0.467 e. The first kappa shape index (κ1) is 14.5. The summed E-state index contributed by atoms with van der Waals surface area (Å²) in [6, 6.07) is 11.6. The predicted octanol–water partition coefficient (Wildman–Crippen LogP) is 3.14.